The summed E-state index contributed by atoms with van der Waals surface area (Å²) in [4.78, 5) is 0. The van der Waals surface area contributed by atoms with Crippen LogP contribution in [0.1, 0.15) is 0 Å². The van der Waals surface area contributed by atoms with E-state index in [1.165, 1.54) is 6.07 Å². The number of halogens is 6. The molecular weight excluding hydrogens is 383 g/mol. The van der Waals surface area contributed by atoms with E-state index < -0.39 is 17.9 Å². The number of ether oxygens (including phenoxy) is 1. The fourth-order valence-corrected chi connectivity index (χ4v) is 2.20. The molecule has 1 aromatic carbocycles. The van der Waals surface area contributed by atoms with Crippen LogP contribution < -0.4 is 4.74 Å². The molecule has 0 radical (unpaired) electrons. The molecule has 1 nitrogen and oxygen atoms in total. The predicted molar refractivity (Wildman–Crippen MR) is 53.5 cm³/mol. The van der Waals surface area contributed by atoms with Crippen LogP contribution in [0.5, 0.6) is 5.75 Å². The molecule has 0 aromatic heterocycles. The maximum absolute atomic E-state index is 13.1. The maximum Gasteiger partial charge on any atom is 0.573 e. The maximum atomic E-state index is 13.1. The fourth-order valence-electron chi connectivity index (χ4n) is 0.731. The van der Waals surface area contributed by atoms with Crippen molar-refractivity contribution in [2.45, 2.75) is 6.36 Å². The summed E-state index contributed by atoms with van der Waals surface area (Å²) in [5, 5.41) is 0. The summed E-state index contributed by atoms with van der Waals surface area (Å²) < 4.78 is 52.3. The fraction of sp³-hybridized carbons (Fsp3) is 0.143. The Morgan fingerprint density at radius 2 is 1.86 bits per heavy atom. The van der Waals surface area contributed by atoms with Crippen LogP contribution in [0.4, 0.5) is 17.6 Å². The van der Waals surface area contributed by atoms with Crippen molar-refractivity contribution in [2.75, 3.05) is 0 Å². The monoisotopic (exact) mass is 384 g/mol. The van der Waals surface area contributed by atoms with Gasteiger partial charge in [0.05, 0.1) is 3.57 Å². The highest BCUT2D eigenvalue weighted by molar-refractivity contribution is 14.1. The summed E-state index contributed by atoms with van der Waals surface area (Å²) in [5.41, 5.74) is 0. The second-order valence-electron chi connectivity index (χ2n) is 2.25. The minimum Gasteiger partial charge on any atom is -0.403 e. The third-order valence-electron chi connectivity index (χ3n) is 1.19. The lowest BCUT2D eigenvalue weighted by Gasteiger charge is -2.10. The summed E-state index contributed by atoms with van der Waals surface area (Å²) in [6, 6.07) is 2.27. The molecule has 0 aliphatic rings. The van der Waals surface area contributed by atoms with Crippen LogP contribution in [0.2, 0.25) is 0 Å². The van der Waals surface area contributed by atoms with Crippen LogP contribution in [-0.2, 0) is 0 Å². The second kappa shape index (κ2) is 4.21. The third kappa shape index (κ3) is 3.26. The molecule has 0 N–H and O–H groups in total. The number of alkyl halides is 3. The molecule has 0 spiro atoms. The number of benzene rings is 1. The molecule has 0 bridgehead atoms. The molecule has 0 saturated carbocycles. The van der Waals surface area contributed by atoms with Crippen LogP contribution in [0.25, 0.3) is 0 Å². The predicted octanol–water partition coefficient (Wildman–Crippen LogP) is 4.09. The topological polar surface area (TPSA) is 9.23 Å². The third-order valence-corrected chi connectivity index (χ3v) is 2.43. The molecule has 0 amide bonds. The molecule has 0 atom stereocenters. The van der Waals surface area contributed by atoms with Gasteiger partial charge in [-0.2, -0.15) is 0 Å². The van der Waals surface area contributed by atoms with E-state index in [-0.39, 0.29) is 3.57 Å². The quantitative estimate of drug-likeness (QED) is 0.402. The molecule has 14 heavy (non-hydrogen) atoms. The van der Waals surface area contributed by atoms with Crippen LogP contribution >= 0.6 is 38.5 Å². The zero-order valence-electron chi connectivity index (χ0n) is 6.33. The smallest absolute Gasteiger partial charge is 0.403 e. The molecule has 0 heterocycles. The Morgan fingerprint density at radius 3 is 2.36 bits per heavy atom. The Bertz CT molecular complexity index is 352. The Balaban J connectivity index is 3.09. The van der Waals surface area contributed by atoms with Crippen LogP contribution in [0.15, 0.2) is 16.6 Å². The highest BCUT2D eigenvalue weighted by Crippen LogP contribution is 2.31. The largest absolute Gasteiger partial charge is 0.573 e. The van der Waals surface area contributed by atoms with E-state index in [4.69, 9.17) is 0 Å². The first-order valence-electron chi connectivity index (χ1n) is 3.20. The van der Waals surface area contributed by atoms with Gasteiger partial charge in [-0.25, -0.2) is 4.39 Å². The van der Waals surface area contributed by atoms with E-state index in [0.29, 0.717) is 4.47 Å². The van der Waals surface area contributed by atoms with Crippen molar-refractivity contribution in [1.29, 1.82) is 0 Å². The first-order valence-corrected chi connectivity index (χ1v) is 5.07. The molecular formula is C7H2BrF4IO. The van der Waals surface area contributed by atoms with Crippen molar-refractivity contribution >= 4 is 38.5 Å². The first kappa shape index (κ1) is 12.0. The molecule has 0 aliphatic carbocycles. The van der Waals surface area contributed by atoms with E-state index in [9.17, 15) is 17.6 Å². The van der Waals surface area contributed by atoms with Gasteiger partial charge in [0.2, 0.25) is 0 Å². The zero-order chi connectivity index (χ0) is 10.9. The van der Waals surface area contributed by atoms with Gasteiger partial charge in [0.15, 0.2) is 11.6 Å². The van der Waals surface area contributed by atoms with E-state index >= 15 is 0 Å². The number of hydrogen-bond acceptors (Lipinski definition) is 1. The molecule has 7 heteroatoms. The van der Waals surface area contributed by atoms with Gasteiger partial charge in [-0.3, -0.25) is 0 Å². The zero-order valence-corrected chi connectivity index (χ0v) is 10.1. The van der Waals surface area contributed by atoms with Crippen molar-refractivity contribution in [2.24, 2.45) is 0 Å². The molecule has 0 fully saturated rings. The highest BCUT2D eigenvalue weighted by atomic mass is 127. The van der Waals surface area contributed by atoms with Crippen molar-refractivity contribution in [3.63, 3.8) is 0 Å². The lowest BCUT2D eigenvalue weighted by Crippen LogP contribution is -2.18. The van der Waals surface area contributed by atoms with Gasteiger partial charge in [-0.1, -0.05) is 15.9 Å². The van der Waals surface area contributed by atoms with Crippen molar-refractivity contribution in [3.05, 3.63) is 26.0 Å². The van der Waals surface area contributed by atoms with E-state index in [2.05, 4.69) is 20.7 Å². The molecule has 0 unspecified atom stereocenters. The van der Waals surface area contributed by atoms with E-state index in [1.807, 2.05) is 0 Å². The summed E-state index contributed by atoms with van der Waals surface area (Å²) in [5.74, 6) is -1.86. The minimum atomic E-state index is -4.88. The van der Waals surface area contributed by atoms with E-state index in [0.717, 1.165) is 6.07 Å². The van der Waals surface area contributed by atoms with Gasteiger partial charge in [-0.05, 0) is 34.7 Å². The Hall–Kier alpha value is -0.0500. The minimum absolute atomic E-state index is 0.0521. The lowest BCUT2D eigenvalue weighted by atomic mass is 10.3. The van der Waals surface area contributed by atoms with Crippen LogP contribution in [-0.4, -0.2) is 6.36 Å². The SMILES string of the molecule is Fc1c(I)cc(Br)cc1OC(F)(F)F. The average Bonchev–Trinajstić information content (AvgIpc) is 1.96. The van der Waals surface area contributed by atoms with Gasteiger partial charge in [-0.15, -0.1) is 13.2 Å². The Kier molecular flexibility index (Phi) is 3.62. The molecule has 78 valence electrons. The lowest BCUT2D eigenvalue weighted by molar-refractivity contribution is -0.275. The number of rotatable bonds is 1. The summed E-state index contributed by atoms with van der Waals surface area (Å²) >= 11 is 4.51. The van der Waals surface area contributed by atoms with E-state index in [1.54, 1.807) is 22.6 Å². The Morgan fingerprint density at radius 1 is 1.29 bits per heavy atom. The molecule has 0 aliphatic heterocycles. The first-order chi connectivity index (χ1) is 6.29. The molecule has 1 rings (SSSR count). The highest BCUT2D eigenvalue weighted by Gasteiger charge is 2.32. The summed E-state index contributed by atoms with van der Waals surface area (Å²) in [6.07, 6.45) is -4.88. The van der Waals surface area contributed by atoms with Gasteiger partial charge in [0.25, 0.3) is 0 Å². The van der Waals surface area contributed by atoms with Crippen molar-refractivity contribution < 1.29 is 22.3 Å². The van der Waals surface area contributed by atoms with Gasteiger partial charge >= 0.3 is 6.36 Å². The van der Waals surface area contributed by atoms with Gasteiger partial charge < -0.3 is 4.74 Å². The average molecular weight is 385 g/mol. The van der Waals surface area contributed by atoms with Crippen LogP contribution in [0.3, 0.4) is 0 Å². The summed E-state index contributed by atoms with van der Waals surface area (Å²) in [7, 11) is 0. The van der Waals surface area contributed by atoms with Crippen molar-refractivity contribution in [1.82, 2.24) is 0 Å². The van der Waals surface area contributed by atoms with Crippen molar-refractivity contribution in [3.8, 4) is 5.75 Å². The van der Waals surface area contributed by atoms with Crippen LogP contribution in [0, 0.1) is 9.39 Å². The standard InChI is InChI=1S/C7H2BrF4IO/c8-3-1-4(13)6(9)5(2-3)14-7(10,11)12/h1-2H. The molecule has 1 aromatic rings. The Labute approximate surface area is 98.7 Å². The normalized spacial score (nSPS) is 11.6. The van der Waals surface area contributed by atoms with Gasteiger partial charge in [0.1, 0.15) is 0 Å². The second-order valence-corrected chi connectivity index (χ2v) is 4.33. The summed E-state index contributed by atoms with van der Waals surface area (Å²) in [6.45, 7) is 0. The molecule has 0 saturated heterocycles. The van der Waals surface area contributed by atoms with Gasteiger partial charge in [0, 0.05) is 4.47 Å². The number of hydrogen-bond donors (Lipinski definition) is 0.